The zero-order valence-electron chi connectivity index (χ0n) is 21.8. The van der Waals surface area contributed by atoms with E-state index in [0.717, 1.165) is 5.56 Å². The Hall–Kier alpha value is -3.77. The summed E-state index contributed by atoms with van der Waals surface area (Å²) in [6.07, 6.45) is 0.667. The maximum Gasteiger partial charge on any atom is 0.252 e. The van der Waals surface area contributed by atoms with Crippen LogP contribution in [0.3, 0.4) is 0 Å². The largest absolute Gasteiger partial charge is 0.496 e. The minimum atomic E-state index is -4.68. The molecular formula is C28H31O8P. The van der Waals surface area contributed by atoms with Crippen LogP contribution in [0.4, 0.5) is 0 Å². The molecule has 0 fully saturated rings. The van der Waals surface area contributed by atoms with E-state index in [1.54, 1.807) is 24.3 Å². The lowest BCUT2D eigenvalue weighted by atomic mass is 10.2. The molecule has 8 nitrogen and oxygen atoms in total. The Morgan fingerprint density at radius 3 is 1.51 bits per heavy atom. The molecule has 0 aromatic heterocycles. The monoisotopic (exact) mass is 526 g/mol. The fraction of sp³-hybridized carbons (Fsp3) is 0.286. The van der Waals surface area contributed by atoms with Gasteiger partial charge in [-0.2, -0.15) is 0 Å². The SMILES string of the molecule is CCCOc1cc(C)ccc1P(=O)(C(=O)c1c(OC)cccc1OC)C(=O)c1c(OC)cccc1OC. The normalized spacial score (nSPS) is 11.0. The summed E-state index contributed by atoms with van der Waals surface area (Å²) in [6.45, 7) is 4.06. The van der Waals surface area contributed by atoms with E-state index < -0.39 is 18.2 Å². The fourth-order valence-electron chi connectivity index (χ4n) is 3.96. The Morgan fingerprint density at radius 1 is 0.703 bits per heavy atom. The first kappa shape index (κ1) is 27.8. The van der Waals surface area contributed by atoms with E-state index >= 15 is 4.57 Å². The molecule has 0 heterocycles. The number of ether oxygens (including phenoxy) is 5. The van der Waals surface area contributed by atoms with Crippen molar-refractivity contribution in [2.45, 2.75) is 20.3 Å². The molecule has 0 bridgehead atoms. The molecule has 0 saturated carbocycles. The van der Waals surface area contributed by atoms with E-state index in [1.165, 1.54) is 58.8 Å². The second-order valence-electron chi connectivity index (χ2n) is 8.11. The molecule has 3 aromatic carbocycles. The molecule has 0 saturated heterocycles. The summed E-state index contributed by atoms with van der Waals surface area (Å²) < 4.78 is 42.8. The summed E-state index contributed by atoms with van der Waals surface area (Å²) >= 11 is 0. The molecule has 3 rings (SSSR count). The molecule has 0 amide bonds. The van der Waals surface area contributed by atoms with Crippen molar-refractivity contribution in [1.29, 1.82) is 0 Å². The standard InChI is InChI=1S/C28H31O8P/c1-7-16-36-23-17-18(2)14-15-24(23)37(31,27(29)25-19(32-3)10-8-11-20(25)33-4)28(30)26-21(34-5)12-9-13-22(26)35-6/h8-15,17H,7,16H2,1-6H3. The van der Waals surface area contributed by atoms with Crippen molar-refractivity contribution in [3.8, 4) is 28.7 Å². The van der Waals surface area contributed by atoms with Gasteiger partial charge in [0.1, 0.15) is 39.9 Å². The Morgan fingerprint density at radius 2 is 1.14 bits per heavy atom. The first-order chi connectivity index (χ1) is 17.8. The third kappa shape index (κ3) is 5.20. The van der Waals surface area contributed by atoms with Gasteiger partial charge in [-0.25, -0.2) is 0 Å². The third-order valence-corrected chi connectivity index (χ3v) is 8.41. The van der Waals surface area contributed by atoms with Crippen molar-refractivity contribution in [2.75, 3.05) is 35.0 Å². The number of carbonyl (C=O) groups is 2. The van der Waals surface area contributed by atoms with E-state index in [0.29, 0.717) is 13.0 Å². The number of hydrogen-bond acceptors (Lipinski definition) is 8. The topological polar surface area (TPSA) is 97.4 Å². The van der Waals surface area contributed by atoms with Gasteiger partial charge in [0.25, 0.3) is 7.14 Å². The van der Waals surface area contributed by atoms with Gasteiger partial charge in [0.05, 0.1) is 40.4 Å². The fourth-order valence-corrected chi connectivity index (χ4v) is 6.38. The summed E-state index contributed by atoms with van der Waals surface area (Å²) in [4.78, 5) is 28.7. The van der Waals surface area contributed by atoms with Gasteiger partial charge in [0, 0.05) is 0 Å². The highest BCUT2D eigenvalue weighted by Crippen LogP contribution is 2.57. The predicted octanol–water partition coefficient (Wildman–Crippen LogP) is 5.49. The maximum absolute atomic E-state index is 15.2. The molecule has 0 radical (unpaired) electrons. The first-order valence-electron chi connectivity index (χ1n) is 11.6. The summed E-state index contributed by atoms with van der Waals surface area (Å²) in [5.74, 6) is 0.662. The highest BCUT2D eigenvalue weighted by Gasteiger charge is 2.48. The predicted molar refractivity (Wildman–Crippen MR) is 142 cm³/mol. The summed E-state index contributed by atoms with van der Waals surface area (Å²) in [7, 11) is 0.834. The first-order valence-corrected chi connectivity index (χ1v) is 13.3. The number of aryl methyl sites for hydroxylation is 1. The average Bonchev–Trinajstić information content (AvgIpc) is 2.93. The zero-order chi connectivity index (χ0) is 27.2. The second-order valence-corrected chi connectivity index (χ2v) is 10.6. The Bertz CT molecular complexity index is 1230. The van der Waals surface area contributed by atoms with Gasteiger partial charge in [-0.05, 0) is 55.3 Å². The lowest BCUT2D eigenvalue weighted by molar-refractivity contribution is 0.103. The molecule has 0 aliphatic rings. The highest BCUT2D eigenvalue weighted by atomic mass is 31.2. The lowest BCUT2D eigenvalue weighted by Gasteiger charge is -2.23. The number of hydrogen-bond donors (Lipinski definition) is 0. The van der Waals surface area contributed by atoms with Crippen molar-refractivity contribution in [2.24, 2.45) is 0 Å². The molecule has 0 aliphatic heterocycles. The quantitative estimate of drug-likeness (QED) is 0.286. The number of benzene rings is 3. The van der Waals surface area contributed by atoms with Crippen LogP contribution < -0.4 is 29.0 Å². The van der Waals surface area contributed by atoms with Crippen LogP contribution in [0.15, 0.2) is 54.6 Å². The molecule has 0 atom stereocenters. The van der Waals surface area contributed by atoms with Crippen LogP contribution in [-0.2, 0) is 4.57 Å². The summed E-state index contributed by atoms with van der Waals surface area (Å²) in [5, 5.41) is -0.0255. The molecular weight excluding hydrogens is 495 g/mol. The minimum absolute atomic E-state index is 0.0255. The zero-order valence-corrected chi connectivity index (χ0v) is 22.7. The number of rotatable bonds is 12. The number of carbonyl (C=O) groups excluding carboxylic acids is 2. The van der Waals surface area contributed by atoms with Gasteiger partial charge < -0.3 is 28.2 Å². The van der Waals surface area contributed by atoms with Crippen molar-refractivity contribution >= 4 is 23.5 Å². The van der Waals surface area contributed by atoms with Gasteiger partial charge in [-0.3, -0.25) is 9.59 Å². The van der Waals surface area contributed by atoms with Crippen molar-refractivity contribution in [3.05, 3.63) is 71.3 Å². The van der Waals surface area contributed by atoms with E-state index in [9.17, 15) is 9.59 Å². The Balaban J connectivity index is 2.43. The van der Waals surface area contributed by atoms with E-state index in [1.807, 2.05) is 13.8 Å². The molecule has 9 heteroatoms. The minimum Gasteiger partial charge on any atom is -0.496 e. The van der Waals surface area contributed by atoms with Crippen LogP contribution in [-0.4, -0.2) is 46.1 Å². The molecule has 0 unspecified atom stereocenters. The molecule has 37 heavy (non-hydrogen) atoms. The van der Waals surface area contributed by atoms with Gasteiger partial charge >= 0.3 is 0 Å². The van der Waals surface area contributed by atoms with Crippen LogP contribution in [0.5, 0.6) is 28.7 Å². The van der Waals surface area contributed by atoms with Gasteiger partial charge in [-0.1, -0.05) is 25.1 Å². The number of methoxy groups -OCH3 is 4. The summed E-state index contributed by atoms with van der Waals surface area (Å²) in [5.41, 5.74) is -1.32. The van der Waals surface area contributed by atoms with E-state index in [2.05, 4.69) is 0 Å². The van der Waals surface area contributed by atoms with Crippen LogP contribution >= 0.6 is 7.14 Å². The second kappa shape index (κ2) is 12.0. The van der Waals surface area contributed by atoms with Crippen molar-refractivity contribution < 1.29 is 37.8 Å². The lowest BCUT2D eigenvalue weighted by Crippen LogP contribution is -2.24. The van der Waals surface area contributed by atoms with Crippen LogP contribution in [0.25, 0.3) is 0 Å². The van der Waals surface area contributed by atoms with Crippen molar-refractivity contribution in [1.82, 2.24) is 0 Å². The van der Waals surface area contributed by atoms with Gasteiger partial charge in [0.2, 0.25) is 11.0 Å². The van der Waals surface area contributed by atoms with Gasteiger partial charge in [0.15, 0.2) is 0 Å². The Kier molecular flexibility index (Phi) is 9.00. The van der Waals surface area contributed by atoms with E-state index in [-0.39, 0.29) is 45.2 Å². The maximum atomic E-state index is 15.2. The van der Waals surface area contributed by atoms with Crippen LogP contribution in [0, 0.1) is 6.92 Å². The average molecular weight is 527 g/mol. The molecule has 3 aromatic rings. The van der Waals surface area contributed by atoms with Gasteiger partial charge in [-0.15, -0.1) is 0 Å². The third-order valence-electron chi connectivity index (χ3n) is 5.77. The molecule has 196 valence electrons. The molecule has 0 spiro atoms. The Labute approximate surface area is 216 Å². The smallest absolute Gasteiger partial charge is 0.252 e. The highest BCUT2D eigenvalue weighted by molar-refractivity contribution is 8.01. The molecule has 0 aliphatic carbocycles. The summed E-state index contributed by atoms with van der Waals surface area (Å²) in [6, 6.07) is 14.3. The van der Waals surface area contributed by atoms with Crippen LogP contribution in [0.1, 0.15) is 39.6 Å². The van der Waals surface area contributed by atoms with Crippen LogP contribution in [0.2, 0.25) is 0 Å². The van der Waals surface area contributed by atoms with E-state index in [4.69, 9.17) is 23.7 Å². The molecule has 0 N–H and O–H groups in total. The van der Waals surface area contributed by atoms with Crippen molar-refractivity contribution in [3.63, 3.8) is 0 Å².